The van der Waals surface area contributed by atoms with E-state index in [1.165, 1.54) is 80.1 Å². The lowest BCUT2D eigenvalue weighted by Gasteiger charge is -2.16. The van der Waals surface area contributed by atoms with E-state index in [1.807, 2.05) is 0 Å². The molecular formula is C23H31OS+. The quantitative estimate of drug-likeness (QED) is 0.448. The molecule has 0 bridgehead atoms. The van der Waals surface area contributed by atoms with Crippen molar-refractivity contribution in [3.63, 3.8) is 0 Å². The summed E-state index contributed by atoms with van der Waals surface area (Å²) >= 11 is 0. The Morgan fingerprint density at radius 3 is 2.28 bits per heavy atom. The number of hydrogen-bond donors (Lipinski definition) is 0. The predicted molar refractivity (Wildman–Crippen MR) is 110 cm³/mol. The molecule has 2 fully saturated rings. The fraction of sp³-hybridized carbons (Fsp3) is 0.565. The Labute approximate surface area is 155 Å². The maximum absolute atomic E-state index is 6.28. The van der Waals surface area contributed by atoms with Crippen LogP contribution in [0.15, 0.2) is 41.3 Å². The molecule has 25 heavy (non-hydrogen) atoms. The van der Waals surface area contributed by atoms with Gasteiger partial charge in [-0.15, -0.1) is 0 Å². The topological polar surface area (TPSA) is 9.23 Å². The van der Waals surface area contributed by atoms with Crippen molar-refractivity contribution >= 4 is 21.7 Å². The third-order valence-corrected chi connectivity index (χ3v) is 8.49. The Morgan fingerprint density at radius 1 is 0.800 bits per heavy atom. The van der Waals surface area contributed by atoms with Crippen LogP contribution < -0.4 is 4.74 Å². The van der Waals surface area contributed by atoms with Gasteiger partial charge in [0, 0.05) is 21.7 Å². The molecule has 1 aliphatic carbocycles. The van der Waals surface area contributed by atoms with E-state index in [4.69, 9.17) is 4.74 Å². The number of hydrogen-bond acceptors (Lipinski definition) is 1. The van der Waals surface area contributed by atoms with Crippen molar-refractivity contribution < 1.29 is 4.74 Å². The van der Waals surface area contributed by atoms with Gasteiger partial charge in [0.2, 0.25) is 0 Å². The smallest absolute Gasteiger partial charge is 0.162 e. The van der Waals surface area contributed by atoms with Crippen LogP contribution in [-0.2, 0) is 10.9 Å². The highest BCUT2D eigenvalue weighted by atomic mass is 32.2. The minimum absolute atomic E-state index is 0.459. The Hall–Kier alpha value is -1.15. The van der Waals surface area contributed by atoms with Crippen molar-refractivity contribution in [2.75, 3.05) is 18.1 Å². The summed E-state index contributed by atoms with van der Waals surface area (Å²) < 4.78 is 6.28. The van der Waals surface area contributed by atoms with Crippen LogP contribution in [0.3, 0.4) is 0 Å². The van der Waals surface area contributed by atoms with Gasteiger partial charge < -0.3 is 4.74 Å². The molecule has 0 atom stereocenters. The van der Waals surface area contributed by atoms with Crippen LogP contribution in [0.1, 0.15) is 57.8 Å². The Morgan fingerprint density at radius 2 is 1.52 bits per heavy atom. The predicted octanol–water partition coefficient (Wildman–Crippen LogP) is 6.35. The molecule has 0 aromatic heterocycles. The van der Waals surface area contributed by atoms with Gasteiger partial charge in [-0.25, -0.2) is 0 Å². The second-order valence-corrected chi connectivity index (χ2v) is 9.95. The normalized spacial score (nSPS) is 20.0. The molecule has 4 rings (SSSR count). The Balaban J connectivity index is 1.47. The molecular weight excluding hydrogens is 324 g/mol. The molecule has 1 saturated heterocycles. The highest BCUT2D eigenvalue weighted by Crippen LogP contribution is 2.35. The Bertz CT molecular complexity index is 682. The average Bonchev–Trinajstić information content (AvgIpc) is 3.06. The van der Waals surface area contributed by atoms with Gasteiger partial charge in [-0.3, -0.25) is 0 Å². The molecule has 1 aliphatic heterocycles. The zero-order valence-corrected chi connectivity index (χ0v) is 16.2. The summed E-state index contributed by atoms with van der Waals surface area (Å²) in [5, 5.41) is 2.75. The molecule has 0 unspecified atom stereocenters. The van der Waals surface area contributed by atoms with Crippen molar-refractivity contribution in [1.29, 1.82) is 0 Å². The number of fused-ring (bicyclic) bond motifs is 1. The molecule has 2 heteroatoms. The van der Waals surface area contributed by atoms with Crippen molar-refractivity contribution in [3.05, 3.63) is 36.4 Å². The minimum Gasteiger partial charge on any atom is -0.493 e. The number of benzene rings is 2. The molecule has 134 valence electrons. The first-order valence-electron chi connectivity index (χ1n) is 10.2. The summed E-state index contributed by atoms with van der Waals surface area (Å²) in [6, 6.07) is 13.5. The lowest BCUT2D eigenvalue weighted by molar-refractivity contribution is 0.269. The highest BCUT2D eigenvalue weighted by Gasteiger charge is 2.29. The average molecular weight is 356 g/mol. The molecule has 2 aliphatic rings. The van der Waals surface area contributed by atoms with Crippen LogP contribution in [0.4, 0.5) is 0 Å². The maximum atomic E-state index is 6.28. The van der Waals surface area contributed by atoms with Gasteiger partial charge in [-0.1, -0.05) is 56.7 Å². The van der Waals surface area contributed by atoms with Crippen LogP contribution >= 0.6 is 0 Å². The summed E-state index contributed by atoms with van der Waals surface area (Å²) in [5.41, 5.74) is 0. The van der Waals surface area contributed by atoms with E-state index in [9.17, 15) is 0 Å². The van der Waals surface area contributed by atoms with Gasteiger partial charge in [-0.2, -0.15) is 0 Å². The van der Waals surface area contributed by atoms with E-state index >= 15 is 0 Å². The third kappa shape index (κ3) is 4.16. The third-order valence-electron chi connectivity index (χ3n) is 5.94. The molecule has 0 amide bonds. The van der Waals surface area contributed by atoms with Gasteiger partial charge in [0.25, 0.3) is 0 Å². The molecule has 1 nitrogen and oxygen atoms in total. The van der Waals surface area contributed by atoms with Crippen LogP contribution in [0.2, 0.25) is 0 Å². The van der Waals surface area contributed by atoms with Crippen molar-refractivity contribution in [2.24, 2.45) is 5.92 Å². The van der Waals surface area contributed by atoms with Gasteiger partial charge in [-0.05, 0) is 43.4 Å². The monoisotopic (exact) mass is 355 g/mol. The molecule has 2 aromatic carbocycles. The summed E-state index contributed by atoms with van der Waals surface area (Å²) in [6.07, 6.45) is 12.6. The first kappa shape index (κ1) is 17.3. The van der Waals surface area contributed by atoms with E-state index in [0.29, 0.717) is 10.9 Å². The van der Waals surface area contributed by atoms with Crippen molar-refractivity contribution in [2.45, 2.75) is 62.7 Å². The SMILES string of the molecule is c1ccc2c([S+]3CCCC3)ccc(OCCC3CCCCCC3)c2c1. The van der Waals surface area contributed by atoms with E-state index < -0.39 is 0 Å². The molecule has 1 heterocycles. The summed E-state index contributed by atoms with van der Waals surface area (Å²) in [7, 11) is 0.459. The zero-order valence-electron chi connectivity index (χ0n) is 15.3. The number of ether oxygens (including phenoxy) is 1. The van der Waals surface area contributed by atoms with Gasteiger partial charge >= 0.3 is 0 Å². The van der Waals surface area contributed by atoms with E-state index in [-0.39, 0.29) is 0 Å². The molecule has 1 saturated carbocycles. The lowest BCUT2D eigenvalue weighted by Crippen LogP contribution is -2.08. The van der Waals surface area contributed by atoms with Gasteiger partial charge in [0.15, 0.2) is 4.90 Å². The summed E-state index contributed by atoms with van der Waals surface area (Å²) in [4.78, 5) is 1.57. The van der Waals surface area contributed by atoms with Crippen LogP contribution in [0, 0.1) is 5.92 Å². The van der Waals surface area contributed by atoms with Crippen molar-refractivity contribution in [1.82, 2.24) is 0 Å². The van der Waals surface area contributed by atoms with Crippen LogP contribution in [0.25, 0.3) is 10.8 Å². The largest absolute Gasteiger partial charge is 0.493 e. The zero-order chi connectivity index (χ0) is 16.9. The van der Waals surface area contributed by atoms with E-state index in [1.54, 1.807) is 4.90 Å². The summed E-state index contributed by atoms with van der Waals surface area (Å²) in [5.74, 6) is 4.74. The number of rotatable bonds is 5. The minimum atomic E-state index is 0.459. The molecule has 2 aromatic rings. The molecule has 0 spiro atoms. The lowest BCUT2D eigenvalue weighted by atomic mass is 9.97. The van der Waals surface area contributed by atoms with Crippen LogP contribution in [-0.4, -0.2) is 18.1 Å². The summed E-state index contributed by atoms with van der Waals surface area (Å²) in [6.45, 7) is 0.875. The van der Waals surface area contributed by atoms with Crippen molar-refractivity contribution in [3.8, 4) is 5.75 Å². The first-order valence-corrected chi connectivity index (χ1v) is 11.8. The second kappa shape index (κ2) is 8.49. The Kier molecular flexibility index (Phi) is 5.86. The molecule has 0 N–H and O–H groups in total. The van der Waals surface area contributed by atoms with E-state index in [0.717, 1.165) is 18.3 Å². The fourth-order valence-corrected chi connectivity index (χ4v) is 6.98. The second-order valence-electron chi connectivity index (χ2n) is 7.71. The molecule has 0 radical (unpaired) electrons. The van der Waals surface area contributed by atoms with Gasteiger partial charge in [0.05, 0.1) is 6.61 Å². The highest BCUT2D eigenvalue weighted by molar-refractivity contribution is 7.97. The maximum Gasteiger partial charge on any atom is 0.162 e. The first-order chi connectivity index (χ1) is 12.4. The van der Waals surface area contributed by atoms with Gasteiger partial charge in [0.1, 0.15) is 17.3 Å². The fourth-order valence-electron chi connectivity index (χ4n) is 4.48. The standard InChI is InChI=1S/C23H31OS/c1-2-4-10-19(9-3-1)15-16-24-22-13-14-23(25-17-7-8-18-25)21-12-6-5-11-20(21)22/h5-6,11-14,19H,1-4,7-10,15-18H2/q+1. The van der Waals surface area contributed by atoms with E-state index in [2.05, 4.69) is 36.4 Å². The van der Waals surface area contributed by atoms with Crippen LogP contribution in [0.5, 0.6) is 5.75 Å².